The molecule has 0 bridgehead atoms. The second-order valence-electron chi connectivity index (χ2n) is 5.09. The molecule has 0 spiro atoms. The molecule has 0 aliphatic rings. The lowest BCUT2D eigenvalue weighted by molar-refractivity contribution is 0.410. The molecule has 0 aliphatic carbocycles. The van der Waals surface area contributed by atoms with Crippen molar-refractivity contribution in [2.75, 3.05) is 5.75 Å². The van der Waals surface area contributed by atoms with E-state index < -0.39 is 11.2 Å². The molecule has 2 aromatic rings. The lowest BCUT2D eigenvalue weighted by atomic mass is 10.2. The molecule has 7 heteroatoms. The summed E-state index contributed by atoms with van der Waals surface area (Å²) >= 11 is 1.34. The lowest BCUT2D eigenvalue weighted by Gasteiger charge is -2.11. The van der Waals surface area contributed by atoms with Gasteiger partial charge >= 0.3 is 5.69 Å². The van der Waals surface area contributed by atoms with Crippen LogP contribution in [-0.2, 0) is 14.1 Å². The maximum Gasteiger partial charge on any atom is 0.333 e. The zero-order valence-electron chi connectivity index (χ0n) is 13.5. The van der Waals surface area contributed by atoms with Gasteiger partial charge in [0.2, 0.25) is 5.88 Å². The van der Waals surface area contributed by atoms with E-state index in [1.807, 2.05) is 38.1 Å². The third-order valence-electron chi connectivity index (χ3n) is 3.36. The van der Waals surface area contributed by atoms with Crippen molar-refractivity contribution in [3.63, 3.8) is 0 Å². The Morgan fingerprint density at radius 3 is 2.57 bits per heavy atom. The van der Waals surface area contributed by atoms with Gasteiger partial charge in [0.1, 0.15) is 10.6 Å². The topological polar surface area (TPSA) is 76.6 Å². The van der Waals surface area contributed by atoms with Crippen LogP contribution in [0.1, 0.15) is 18.1 Å². The summed E-state index contributed by atoms with van der Waals surface area (Å²) in [5.41, 5.74) is 0.648. The van der Waals surface area contributed by atoms with Crippen molar-refractivity contribution in [1.29, 1.82) is 0 Å². The summed E-state index contributed by atoms with van der Waals surface area (Å²) in [5.74, 6) is 0.307. The van der Waals surface area contributed by atoms with Gasteiger partial charge in [0.25, 0.3) is 5.56 Å². The molecule has 0 atom stereocenters. The fourth-order valence-electron chi connectivity index (χ4n) is 2.13. The van der Waals surface area contributed by atoms with Gasteiger partial charge in [0.05, 0.1) is 5.69 Å². The van der Waals surface area contributed by atoms with E-state index >= 15 is 0 Å². The monoisotopic (exact) mass is 333 g/mol. The van der Waals surface area contributed by atoms with Crippen molar-refractivity contribution in [2.24, 2.45) is 19.1 Å². The molecule has 2 rings (SSSR count). The molecule has 0 unspecified atom stereocenters. The van der Waals surface area contributed by atoms with E-state index in [4.69, 9.17) is 0 Å². The Balaban J connectivity index is 2.73. The first kappa shape index (κ1) is 17.1. The second kappa shape index (κ2) is 6.87. The first-order valence-corrected chi connectivity index (χ1v) is 8.12. The van der Waals surface area contributed by atoms with Gasteiger partial charge in [-0.25, -0.2) is 9.79 Å². The van der Waals surface area contributed by atoms with Crippen LogP contribution in [0.4, 0.5) is 5.69 Å². The molecule has 23 heavy (non-hydrogen) atoms. The van der Waals surface area contributed by atoms with Gasteiger partial charge in [-0.2, -0.15) is 0 Å². The normalized spacial score (nSPS) is 11.7. The number of aliphatic imine (C=N–C) groups is 1. The van der Waals surface area contributed by atoms with E-state index in [2.05, 4.69) is 4.99 Å². The van der Waals surface area contributed by atoms with Crippen LogP contribution in [-0.4, -0.2) is 25.0 Å². The maximum absolute atomic E-state index is 12.4. The molecule has 0 saturated heterocycles. The molecule has 0 radical (unpaired) electrons. The zero-order chi connectivity index (χ0) is 17.1. The summed E-state index contributed by atoms with van der Waals surface area (Å²) in [5, 5.41) is 10.7. The number of aromatic hydroxyl groups is 1. The highest BCUT2D eigenvalue weighted by molar-refractivity contribution is 8.14. The minimum absolute atomic E-state index is 0.0444. The van der Waals surface area contributed by atoms with Crippen molar-refractivity contribution in [3.8, 4) is 5.88 Å². The maximum atomic E-state index is 12.4. The fraction of sp³-hybridized carbons (Fsp3) is 0.312. The average Bonchev–Trinajstić information content (AvgIpc) is 2.51. The van der Waals surface area contributed by atoms with E-state index in [0.29, 0.717) is 16.5 Å². The number of aryl methyl sites for hydroxylation is 1. The van der Waals surface area contributed by atoms with Gasteiger partial charge in [-0.15, -0.1) is 11.8 Å². The molecule has 122 valence electrons. The molecule has 1 aromatic carbocycles. The predicted molar refractivity (Wildman–Crippen MR) is 94.1 cm³/mol. The first-order valence-electron chi connectivity index (χ1n) is 7.14. The van der Waals surface area contributed by atoms with Crippen LogP contribution in [0.3, 0.4) is 0 Å². The van der Waals surface area contributed by atoms with Crippen molar-refractivity contribution in [2.45, 2.75) is 13.8 Å². The molecule has 0 aliphatic heterocycles. The molecule has 1 N–H and O–H groups in total. The highest BCUT2D eigenvalue weighted by atomic mass is 32.2. The summed E-state index contributed by atoms with van der Waals surface area (Å²) < 4.78 is 2.01. The highest BCUT2D eigenvalue weighted by Crippen LogP contribution is 2.23. The number of hydrogen-bond acceptors (Lipinski definition) is 5. The summed E-state index contributed by atoms with van der Waals surface area (Å²) in [4.78, 5) is 28.8. The van der Waals surface area contributed by atoms with Gasteiger partial charge in [-0.05, 0) is 30.4 Å². The third kappa shape index (κ3) is 3.39. The van der Waals surface area contributed by atoms with E-state index in [9.17, 15) is 14.7 Å². The Labute approximate surface area is 138 Å². The van der Waals surface area contributed by atoms with Gasteiger partial charge in [0, 0.05) is 14.1 Å². The second-order valence-corrected chi connectivity index (χ2v) is 6.35. The average molecular weight is 333 g/mol. The van der Waals surface area contributed by atoms with Crippen LogP contribution < -0.4 is 11.2 Å². The lowest BCUT2D eigenvalue weighted by Crippen LogP contribution is -2.39. The Kier molecular flexibility index (Phi) is 5.10. The third-order valence-corrected chi connectivity index (χ3v) is 4.22. The minimum atomic E-state index is -0.576. The zero-order valence-corrected chi connectivity index (χ0v) is 14.3. The highest BCUT2D eigenvalue weighted by Gasteiger charge is 2.20. The molecule has 1 heterocycles. The smallest absolute Gasteiger partial charge is 0.333 e. The summed E-state index contributed by atoms with van der Waals surface area (Å²) in [6.45, 7) is 3.88. The van der Waals surface area contributed by atoms with Crippen LogP contribution in [0, 0.1) is 6.92 Å². The van der Waals surface area contributed by atoms with Crippen LogP contribution in [0.5, 0.6) is 5.88 Å². The largest absolute Gasteiger partial charge is 0.494 e. The quantitative estimate of drug-likeness (QED) is 0.688. The SMILES string of the molecule is CCSC(=Nc1cccc(C)c1)c1c(O)n(C)c(=O)n(C)c1=O. The number of thioether (sulfide) groups is 1. The number of aromatic nitrogens is 2. The van der Waals surface area contributed by atoms with Crippen LogP contribution in [0.15, 0.2) is 38.8 Å². The van der Waals surface area contributed by atoms with E-state index in [1.54, 1.807) is 0 Å². The molecule has 0 saturated carbocycles. The van der Waals surface area contributed by atoms with Crippen LogP contribution in [0.25, 0.3) is 0 Å². The number of hydrogen-bond donors (Lipinski definition) is 1. The molecule has 1 aromatic heterocycles. The molecule has 0 fully saturated rings. The van der Waals surface area contributed by atoms with Crippen molar-refractivity contribution < 1.29 is 5.11 Å². The number of benzene rings is 1. The Bertz CT molecular complexity index is 881. The van der Waals surface area contributed by atoms with E-state index in [0.717, 1.165) is 14.7 Å². The van der Waals surface area contributed by atoms with Crippen molar-refractivity contribution in [1.82, 2.24) is 9.13 Å². The fourth-order valence-corrected chi connectivity index (χ4v) is 2.90. The van der Waals surface area contributed by atoms with Crippen molar-refractivity contribution in [3.05, 3.63) is 56.2 Å². The van der Waals surface area contributed by atoms with Crippen LogP contribution >= 0.6 is 11.8 Å². The summed E-state index contributed by atoms with van der Waals surface area (Å²) in [6, 6.07) is 7.54. The number of nitrogens with zero attached hydrogens (tertiary/aromatic N) is 3. The Morgan fingerprint density at radius 1 is 1.26 bits per heavy atom. The Morgan fingerprint density at radius 2 is 1.96 bits per heavy atom. The minimum Gasteiger partial charge on any atom is -0.494 e. The van der Waals surface area contributed by atoms with Gasteiger partial charge in [0.15, 0.2) is 0 Å². The molecule has 6 nitrogen and oxygen atoms in total. The van der Waals surface area contributed by atoms with E-state index in [-0.39, 0.29) is 11.4 Å². The summed E-state index contributed by atoms with van der Waals surface area (Å²) in [6.07, 6.45) is 0. The van der Waals surface area contributed by atoms with Crippen molar-refractivity contribution >= 4 is 22.5 Å². The standard InChI is InChI=1S/C16H19N3O3S/c1-5-23-13(17-11-8-6-7-10(2)9-11)12-14(20)18(3)16(22)19(4)15(12)21/h6-9,20H,5H2,1-4H3. The predicted octanol–water partition coefficient (Wildman–Crippen LogP) is 1.93. The van der Waals surface area contributed by atoms with Gasteiger partial charge < -0.3 is 5.11 Å². The molecular weight excluding hydrogens is 314 g/mol. The van der Waals surface area contributed by atoms with Gasteiger partial charge in [-0.3, -0.25) is 13.9 Å². The molecule has 0 amide bonds. The Hall–Kier alpha value is -2.28. The van der Waals surface area contributed by atoms with Crippen LogP contribution in [0.2, 0.25) is 0 Å². The number of rotatable bonds is 3. The first-order chi connectivity index (χ1) is 10.9. The van der Waals surface area contributed by atoms with E-state index in [1.165, 1.54) is 25.9 Å². The molecular formula is C16H19N3O3S. The summed E-state index contributed by atoms with van der Waals surface area (Å²) in [7, 11) is 2.80. The van der Waals surface area contributed by atoms with Gasteiger partial charge in [-0.1, -0.05) is 19.1 Å².